The van der Waals surface area contributed by atoms with Gasteiger partial charge in [0, 0.05) is 44.0 Å². The molecule has 5 rings (SSSR count). The van der Waals surface area contributed by atoms with Gasteiger partial charge in [-0.15, -0.1) is 0 Å². The quantitative estimate of drug-likeness (QED) is 0.465. The first kappa shape index (κ1) is 24.2. The first-order valence-corrected chi connectivity index (χ1v) is 12.0. The Morgan fingerprint density at radius 1 is 1.11 bits per heavy atom. The fraction of sp³-hybridized carbons (Fsp3) is 0.360. The summed E-state index contributed by atoms with van der Waals surface area (Å²) in [6.45, 7) is 4.57. The molecule has 2 aromatic carbocycles. The van der Waals surface area contributed by atoms with Crippen LogP contribution < -0.4 is 24.3 Å². The van der Waals surface area contributed by atoms with Gasteiger partial charge in [-0.1, -0.05) is 11.6 Å². The van der Waals surface area contributed by atoms with E-state index in [4.69, 9.17) is 35.3 Å². The van der Waals surface area contributed by atoms with Gasteiger partial charge in [-0.2, -0.15) is 5.10 Å². The summed E-state index contributed by atoms with van der Waals surface area (Å²) in [5.41, 5.74) is 2.02. The number of amides is 1. The first-order chi connectivity index (χ1) is 17.6. The Balaban J connectivity index is 1.25. The van der Waals surface area contributed by atoms with Gasteiger partial charge in [0.25, 0.3) is 5.91 Å². The van der Waals surface area contributed by atoms with E-state index in [1.54, 1.807) is 35.1 Å². The number of hydrogen-bond acceptors (Lipinski definition) is 8. The molecule has 2 aliphatic heterocycles. The number of carbonyl (C=O) groups is 1. The molecule has 190 valence electrons. The maximum absolute atomic E-state index is 12.6. The second-order valence-electron chi connectivity index (χ2n) is 8.33. The summed E-state index contributed by atoms with van der Waals surface area (Å²) in [5.74, 6) is 2.11. The van der Waals surface area contributed by atoms with Gasteiger partial charge in [-0.05, 0) is 30.3 Å². The average Bonchev–Trinajstić information content (AvgIpc) is 3.49. The van der Waals surface area contributed by atoms with Crippen molar-refractivity contribution in [1.29, 1.82) is 0 Å². The summed E-state index contributed by atoms with van der Waals surface area (Å²) in [7, 11) is 1.81. The molecule has 2 aliphatic rings. The topological polar surface area (TPSA) is 96.3 Å². The predicted octanol–water partition coefficient (Wildman–Crippen LogP) is 3.20. The molecule has 0 saturated carbocycles. The number of anilines is 1. The van der Waals surface area contributed by atoms with Crippen molar-refractivity contribution in [3.63, 3.8) is 0 Å². The van der Waals surface area contributed by atoms with Crippen molar-refractivity contribution in [1.82, 2.24) is 14.7 Å². The summed E-state index contributed by atoms with van der Waals surface area (Å²) in [6, 6.07) is 10.6. The highest BCUT2D eigenvalue weighted by atomic mass is 35.5. The molecular formula is C25H27ClN4O6. The molecule has 10 nitrogen and oxygen atoms in total. The zero-order chi connectivity index (χ0) is 24.9. The van der Waals surface area contributed by atoms with Gasteiger partial charge in [-0.25, -0.2) is 0 Å². The number of morpholine rings is 1. The van der Waals surface area contributed by atoms with Crippen molar-refractivity contribution in [2.24, 2.45) is 7.05 Å². The van der Waals surface area contributed by atoms with E-state index in [1.165, 1.54) is 0 Å². The van der Waals surface area contributed by atoms with Gasteiger partial charge >= 0.3 is 0 Å². The molecule has 0 bridgehead atoms. The zero-order valence-corrected chi connectivity index (χ0v) is 20.6. The van der Waals surface area contributed by atoms with Crippen LogP contribution in [0.25, 0.3) is 11.3 Å². The highest BCUT2D eigenvalue weighted by Gasteiger charge is 2.18. The number of nitrogens with zero attached hydrogens (tertiary/aromatic N) is 3. The first-order valence-electron chi connectivity index (χ1n) is 11.6. The van der Waals surface area contributed by atoms with Crippen molar-refractivity contribution in [3.8, 4) is 34.3 Å². The summed E-state index contributed by atoms with van der Waals surface area (Å²) in [6.07, 6.45) is 1.58. The summed E-state index contributed by atoms with van der Waals surface area (Å²) < 4.78 is 29.5. The smallest absolute Gasteiger partial charge is 0.262 e. The van der Waals surface area contributed by atoms with Crippen molar-refractivity contribution < 1.29 is 28.5 Å². The van der Waals surface area contributed by atoms with E-state index in [1.807, 2.05) is 19.2 Å². The van der Waals surface area contributed by atoms with Crippen LogP contribution in [0.15, 0.2) is 42.6 Å². The third-order valence-electron chi connectivity index (χ3n) is 5.90. The minimum atomic E-state index is -0.310. The Labute approximate surface area is 213 Å². The summed E-state index contributed by atoms with van der Waals surface area (Å²) in [5, 5.41) is 7.61. The van der Waals surface area contributed by atoms with Crippen molar-refractivity contribution >= 4 is 23.2 Å². The van der Waals surface area contributed by atoms with Crippen LogP contribution >= 0.6 is 11.6 Å². The van der Waals surface area contributed by atoms with E-state index in [-0.39, 0.29) is 19.3 Å². The Morgan fingerprint density at radius 2 is 1.94 bits per heavy atom. The van der Waals surface area contributed by atoms with E-state index in [9.17, 15) is 4.79 Å². The average molecular weight is 515 g/mol. The lowest BCUT2D eigenvalue weighted by Crippen LogP contribution is -2.38. The molecule has 1 amide bonds. The van der Waals surface area contributed by atoms with E-state index in [0.29, 0.717) is 46.0 Å². The number of ether oxygens (including phenoxy) is 5. The predicted molar refractivity (Wildman–Crippen MR) is 133 cm³/mol. The van der Waals surface area contributed by atoms with Crippen LogP contribution in [0.4, 0.5) is 5.69 Å². The van der Waals surface area contributed by atoms with E-state index >= 15 is 0 Å². The Kier molecular flexibility index (Phi) is 7.45. The molecule has 36 heavy (non-hydrogen) atoms. The van der Waals surface area contributed by atoms with Crippen LogP contribution in [0.1, 0.15) is 0 Å². The molecule has 3 aromatic rings. The second-order valence-corrected chi connectivity index (χ2v) is 8.74. The number of benzene rings is 2. The van der Waals surface area contributed by atoms with Crippen LogP contribution in [-0.4, -0.2) is 73.4 Å². The highest BCUT2D eigenvalue weighted by molar-refractivity contribution is 6.33. The summed E-state index contributed by atoms with van der Waals surface area (Å²) >= 11 is 6.44. The monoisotopic (exact) mass is 514 g/mol. The number of hydrogen-bond donors (Lipinski definition) is 1. The van der Waals surface area contributed by atoms with Crippen LogP contribution in [0, 0.1) is 0 Å². The lowest BCUT2D eigenvalue weighted by molar-refractivity contribution is -0.118. The van der Waals surface area contributed by atoms with Gasteiger partial charge in [0.05, 0.1) is 30.1 Å². The molecule has 0 radical (unpaired) electrons. The molecular weight excluding hydrogens is 488 g/mol. The van der Waals surface area contributed by atoms with E-state index < -0.39 is 0 Å². The molecule has 0 spiro atoms. The van der Waals surface area contributed by atoms with Gasteiger partial charge in [-0.3, -0.25) is 14.4 Å². The van der Waals surface area contributed by atoms with Crippen LogP contribution in [0.2, 0.25) is 5.02 Å². The molecule has 0 aliphatic carbocycles. The number of carbonyl (C=O) groups excluding carboxylic acids is 1. The third-order valence-corrected chi connectivity index (χ3v) is 6.17. The SMILES string of the molecule is Cn1ncc(Cl)c1-c1cc(NC(=O)COc2ccc3c(c2)OCO3)ccc1OCCN1CCOCC1. The molecule has 1 aromatic heterocycles. The molecule has 0 unspecified atom stereocenters. The highest BCUT2D eigenvalue weighted by Crippen LogP contribution is 2.37. The van der Waals surface area contributed by atoms with E-state index in [2.05, 4.69) is 15.3 Å². The molecule has 3 heterocycles. The molecule has 0 atom stereocenters. The van der Waals surface area contributed by atoms with Gasteiger partial charge < -0.3 is 29.0 Å². The Bertz CT molecular complexity index is 1210. The standard InChI is InChI=1S/C25H27ClN4O6/c1-29-25(20(26)14-27-29)19-12-17(2-4-21(19)33-11-8-30-6-9-32-10-7-30)28-24(31)15-34-18-3-5-22-23(13-18)36-16-35-22/h2-5,12-14H,6-11,15-16H2,1H3,(H,28,31). The van der Waals surface area contributed by atoms with Crippen LogP contribution in [0.3, 0.4) is 0 Å². The van der Waals surface area contributed by atoms with Crippen molar-refractivity contribution in [2.45, 2.75) is 0 Å². The maximum Gasteiger partial charge on any atom is 0.262 e. The Morgan fingerprint density at radius 3 is 2.75 bits per heavy atom. The number of rotatable bonds is 9. The number of aromatic nitrogens is 2. The lowest BCUT2D eigenvalue weighted by Gasteiger charge is -2.26. The largest absolute Gasteiger partial charge is 0.492 e. The zero-order valence-electron chi connectivity index (χ0n) is 19.9. The van der Waals surface area contributed by atoms with Gasteiger partial charge in [0.15, 0.2) is 18.1 Å². The number of nitrogens with one attached hydrogen (secondary N) is 1. The second kappa shape index (κ2) is 11.1. The Hall–Kier alpha value is -3.47. The fourth-order valence-corrected chi connectivity index (χ4v) is 4.32. The number of aryl methyl sites for hydroxylation is 1. The van der Waals surface area contributed by atoms with Gasteiger partial charge in [0.1, 0.15) is 18.1 Å². The minimum Gasteiger partial charge on any atom is -0.492 e. The van der Waals surface area contributed by atoms with Crippen molar-refractivity contribution in [3.05, 3.63) is 47.6 Å². The molecule has 1 fully saturated rings. The maximum atomic E-state index is 12.6. The fourth-order valence-electron chi connectivity index (χ4n) is 4.05. The third kappa shape index (κ3) is 5.67. The lowest BCUT2D eigenvalue weighted by atomic mass is 10.1. The van der Waals surface area contributed by atoms with Crippen LogP contribution in [0.5, 0.6) is 23.0 Å². The van der Waals surface area contributed by atoms with E-state index in [0.717, 1.165) is 38.4 Å². The van der Waals surface area contributed by atoms with Crippen molar-refractivity contribution in [2.75, 3.05) is 58.2 Å². The number of halogens is 1. The molecule has 1 saturated heterocycles. The van der Waals surface area contributed by atoms with Crippen LogP contribution in [-0.2, 0) is 16.6 Å². The number of fused-ring (bicyclic) bond motifs is 1. The summed E-state index contributed by atoms with van der Waals surface area (Å²) in [4.78, 5) is 14.9. The normalized spacial score (nSPS) is 15.1. The molecule has 11 heteroatoms. The molecule has 1 N–H and O–H groups in total. The van der Waals surface area contributed by atoms with Gasteiger partial charge in [0.2, 0.25) is 6.79 Å². The minimum absolute atomic E-state index is 0.167.